The molecule has 1 nitrogen and oxygen atoms in total. The minimum atomic E-state index is 0.246. The highest BCUT2D eigenvalue weighted by Crippen LogP contribution is 2.32. The number of carbonyl (C=O) groups is 1. The first-order chi connectivity index (χ1) is 7.16. The van der Waals surface area contributed by atoms with Crippen LogP contribution in [0.4, 0.5) is 0 Å². The van der Waals surface area contributed by atoms with E-state index in [4.69, 9.17) is 11.6 Å². The summed E-state index contributed by atoms with van der Waals surface area (Å²) in [6, 6.07) is 3.66. The van der Waals surface area contributed by atoms with Gasteiger partial charge in [-0.15, -0.1) is 11.3 Å². The van der Waals surface area contributed by atoms with Gasteiger partial charge in [-0.1, -0.05) is 31.4 Å². The molecule has 1 aromatic rings. The van der Waals surface area contributed by atoms with E-state index in [0.29, 0.717) is 10.1 Å². The molecule has 15 heavy (non-hydrogen) atoms. The third-order valence-corrected chi connectivity index (χ3v) is 4.45. The van der Waals surface area contributed by atoms with Crippen LogP contribution in [0, 0.1) is 11.8 Å². The van der Waals surface area contributed by atoms with E-state index in [1.54, 1.807) is 0 Å². The predicted molar refractivity (Wildman–Crippen MR) is 64.8 cm³/mol. The molecule has 0 aliphatic heterocycles. The van der Waals surface area contributed by atoms with Gasteiger partial charge in [0.15, 0.2) is 5.78 Å². The second-order valence-electron chi connectivity index (χ2n) is 4.42. The molecule has 0 aromatic carbocycles. The lowest BCUT2D eigenvalue weighted by Crippen LogP contribution is -2.20. The summed E-state index contributed by atoms with van der Waals surface area (Å²) in [4.78, 5) is 12.9. The maximum absolute atomic E-state index is 12.1. The molecule has 2 rings (SSSR count). The lowest BCUT2D eigenvalue weighted by Gasteiger charge is -2.24. The average Bonchev–Trinajstić information content (AvgIpc) is 2.65. The lowest BCUT2D eigenvalue weighted by molar-refractivity contribution is 0.0880. The summed E-state index contributed by atoms with van der Waals surface area (Å²) in [5.41, 5.74) is 0. The second-order valence-corrected chi connectivity index (χ2v) is 6.14. The number of carbonyl (C=O) groups excluding carboxylic acids is 1. The van der Waals surface area contributed by atoms with Crippen LogP contribution < -0.4 is 0 Å². The van der Waals surface area contributed by atoms with Crippen LogP contribution in [0.15, 0.2) is 12.1 Å². The van der Waals surface area contributed by atoms with Crippen LogP contribution in [-0.4, -0.2) is 5.78 Å². The third kappa shape index (κ3) is 2.61. The zero-order valence-corrected chi connectivity index (χ0v) is 10.4. The molecule has 0 bridgehead atoms. The number of rotatable bonds is 2. The summed E-state index contributed by atoms with van der Waals surface area (Å²) >= 11 is 7.24. The Kier molecular flexibility index (Phi) is 3.47. The predicted octanol–water partition coefficient (Wildman–Crippen LogP) is 4.41. The van der Waals surface area contributed by atoms with Crippen molar-refractivity contribution in [3.8, 4) is 0 Å². The van der Waals surface area contributed by atoms with Crippen LogP contribution in [0.5, 0.6) is 0 Å². The van der Waals surface area contributed by atoms with Crippen molar-refractivity contribution in [2.24, 2.45) is 11.8 Å². The largest absolute Gasteiger partial charge is 0.293 e. The lowest BCUT2D eigenvalue weighted by atomic mass is 9.80. The number of thiophene rings is 1. The molecule has 0 amide bonds. The summed E-state index contributed by atoms with van der Waals surface area (Å²) < 4.78 is 0.711. The summed E-state index contributed by atoms with van der Waals surface area (Å²) in [6.45, 7) is 2.27. The molecular formula is C12H15ClOS. The molecule has 0 spiro atoms. The molecular weight excluding hydrogens is 228 g/mol. The van der Waals surface area contributed by atoms with Crippen LogP contribution in [0.25, 0.3) is 0 Å². The maximum Gasteiger partial charge on any atom is 0.175 e. The SMILES string of the molecule is CC1CCC(C(=O)c2ccc(Cl)s2)CC1. The van der Waals surface area contributed by atoms with Gasteiger partial charge >= 0.3 is 0 Å². The molecule has 1 aliphatic carbocycles. The Balaban J connectivity index is 2.02. The van der Waals surface area contributed by atoms with Crippen LogP contribution in [0.3, 0.4) is 0 Å². The van der Waals surface area contributed by atoms with Gasteiger partial charge in [0.1, 0.15) is 0 Å². The van der Waals surface area contributed by atoms with E-state index < -0.39 is 0 Å². The Morgan fingerprint density at radius 1 is 1.33 bits per heavy atom. The molecule has 1 heterocycles. The molecule has 0 unspecified atom stereocenters. The Morgan fingerprint density at radius 2 is 2.00 bits per heavy atom. The van der Waals surface area contributed by atoms with Crippen molar-refractivity contribution in [2.75, 3.05) is 0 Å². The first kappa shape index (κ1) is 11.2. The van der Waals surface area contributed by atoms with Crippen molar-refractivity contribution in [1.82, 2.24) is 0 Å². The van der Waals surface area contributed by atoms with Crippen LogP contribution in [0.1, 0.15) is 42.3 Å². The highest BCUT2D eigenvalue weighted by Gasteiger charge is 2.25. The van der Waals surface area contributed by atoms with E-state index in [2.05, 4.69) is 6.92 Å². The van der Waals surface area contributed by atoms with E-state index in [-0.39, 0.29) is 5.92 Å². The van der Waals surface area contributed by atoms with Crippen LogP contribution >= 0.6 is 22.9 Å². The first-order valence-corrected chi connectivity index (χ1v) is 6.66. The van der Waals surface area contributed by atoms with Crippen molar-refractivity contribution in [3.05, 3.63) is 21.3 Å². The fourth-order valence-electron chi connectivity index (χ4n) is 2.17. The van der Waals surface area contributed by atoms with E-state index in [1.807, 2.05) is 12.1 Å². The quantitative estimate of drug-likeness (QED) is 0.702. The summed E-state index contributed by atoms with van der Waals surface area (Å²) in [5, 5.41) is 0. The number of halogens is 1. The molecule has 0 atom stereocenters. The number of hydrogen-bond donors (Lipinski definition) is 0. The topological polar surface area (TPSA) is 17.1 Å². The standard InChI is InChI=1S/C12H15ClOS/c1-8-2-4-9(5-3-8)12(14)10-6-7-11(13)15-10/h6-9H,2-5H2,1H3. The highest BCUT2D eigenvalue weighted by molar-refractivity contribution is 7.18. The Hall–Kier alpha value is -0.340. The van der Waals surface area contributed by atoms with E-state index in [0.717, 1.165) is 23.6 Å². The molecule has 1 fully saturated rings. The fraction of sp³-hybridized carbons (Fsp3) is 0.583. The summed E-state index contributed by atoms with van der Waals surface area (Å²) in [6.07, 6.45) is 4.48. The van der Waals surface area contributed by atoms with Gasteiger partial charge in [0.05, 0.1) is 9.21 Å². The van der Waals surface area contributed by atoms with Crippen LogP contribution in [0.2, 0.25) is 4.34 Å². The van der Waals surface area contributed by atoms with Gasteiger partial charge in [-0.05, 0) is 30.9 Å². The second kappa shape index (κ2) is 4.67. The molecule has 0 N–H and O–H groups in total. The molecule has 1 saturated carbocycles. The van der Waals surface area contributed by atoms with Gasteiger partial charge in [0.2, 0.25) is 0 Å². The van der Waals surface area contributed by atoms with Crippen molar-refractivity contribution in [1.29, 1.82) is 0 Å². The van der Waals surface area contributed by atoms with Crippen LogP contribution in [-0.2, 0) is 0 Å². The van der Waals surface area contributed by atoms with E-state index in [9.17, 15) is 4.79 Å². The Bertz CT molecular complexity index is 350. The van der Waals surface area contributed by atoms with Gasteiger partial charge in [-0.2, -0.15) is 0 Å². The number of Topliss-reactive ketones (excluding diaryl/α,β-unsaturated/α-hetero) is 1. The zero-order chi connectivity index (χ0) is 10.8. The summed E-state index contributed by atoms with van der Waals surface area (Å²) in [7, 11) is 0. The van der Waals surface area contributed by atoms with Crippen molar-refractivity contribution in [2.45, 2.75) is 32.6 Å². The van der Waals surface area contributed by atoms with E-state index in [1.165, 1.54) is 24.2 Å². The minimum absolute atomic E-state index is 0.246. The first-order valence-electron chi connectivity index (χ1n) is 5.46. The van der Waals surface area contributed by atoms with Gasteiger partial charge in [0, 0.05) is 5.92 Å². The molecule has 3 heteroatoms. The molecule has 1 aromatic heterocycles. The molecule has 1 aliphatic rings. The molecule has 0 radical (unpaired) electrons. The van der Waals surface area contributed by atoms with Crippen molar-refractivity contribution < 1.29 is 4.79 Å². The average molecular weight is 243 g/mol. The van der Waals surface area contributed by atoms with Gasteiger partial charge < -0.3 is 0 Å². The monoisotopic (exact) mass is 242 g/mol. The highest BCUT2D eigenvalue weighted by atomic mass is 35.5. The minimum Gasteiger partial charge on any atom is -0.293 e. The van der Waals surface area contributed by atoms with Crippen molar-refractivity contribution in [3.63, 3.8) is 0 Å². The Morgan fingerprint density at radius 3 is 2.53 bits per heavy atom. The van der Waals surface area contributed by atoms with Gasteiger partial charge in [-0.25, -0.2) is 0 Å². The number of hydrogen-bond acceptors (Lipinski definition) is 2. The smallest absolute Gasteiger partial charge is 0.175 e. The zero-order valence-electron chi connectivity index (χ0n) is 8.83. The normalized spacial score (nSPS) is 26.5. The molecule has 82 valence electrons. The van der Waals surface area contributed by atoms with Gasteiger partial charge in [0.25, 0.3) is 0 Å². The van der Waals surface area contributed by atoms with E-state index >= 15 is 0 Å². The maximum atomic E-state index is 12.1. The summed E-state index contributed by atoms with van der Waals surface area (Å²) in [5.74, 6) is 1.34. The number of ketones is 1. The Labute approximate surface area is 99.5 Å². The third-order valence-electron chi connectivity index (χ3n) is 3.20. The van der Waals surface area contributed by atoms with Crippen molar-refractivity contribution >= 4 is 28.7 Å². The fourth-order valence-corrected chi connectivity index (χ4v) is 3.23. The van der Waals surface area contributed by atoms with Gasteiger partial charge in [-0.3, -0.25) is 4.79 Å². The molecule has 0 saturated heterocycles.